The lowest BCUT2D eigenvalue weighted by molar-refractivity contribution is 0.0382. The standard InChI is InChI=1S/C16H35N3O2/c1-3-16(4-2)15-18-7-11-20-13-14-21-12-10-19-8-5-17-6-9-19/h16-18H,3-15H2,1-2H3. The molecule has 0 radical (unpaired) electrons. The first-order chi connectivity index (χ1) is 10.4. The van der Waals surface area contributed by atoms with Crippen molar-refractivity contribution in [2.75, 3.05) is 72.2 Å². The molecule has 2 N–H and O–H groups in total. The molecule has 1 heterocycles. The topological polar surface area (TPSA) is 45.8 Å². The van der Waals surface area contributed by atoms with Crippen LogP contribution in [0.25, 0.3) is 0 Å². The first-order valence-corrected chi connectivity index (χ1v) is 8.66. The third-order valence-corrected chi connectivity index (χ3v) is 4.14. The third kappa shape index (κ3) is 10.2. The van der Waals surface area contributed by atoms with Gasteiger partial charge < -0.3 is 20.1 Å². The number of rotatable bonds is 13. The van der Waals surface area contributed by atoms with Gasteiger partial charge in [0.05, 0.1) is 26.4 Å². The SMILES string of the molecule is CCC(CC)CNCCOCCOCCN1CCNCC1. The van der Waals surface area contributed by atoms with Gasteiger partial charge in [0.1, 0.15) is 0 Å². The zero-order chi connectivity index (χ0) is 15.2. The van der Waals surface area contributed by atoms with E-state index in [2.05, 4.69) is 29.4 Å². The highest BCUT2D eigenvalue weighted by Crippen LogP contribution is 2.04. The number of ether oxygens (including phenoxy) is 2. The van der Waals surface area contributed by atoms with Gasteiger partial charge in [0.25, 0.3) is 0 Å². The molecule has 0 unspecified atom stereocenters. The Hall–Kier alpha value is -0.200. The van der Waals surface area contributed by atoms with Gasteiger partial charge >= 0.3 is 0 Å². The van der Waals surface area contributed by atoms with Gasteiger partial charge in [0, 0.05) is 39.3 Å². The van der Waals surface area contributed by atoms with Crippen LogP contribution in [0.3, 0.4) is 0 Å². The Kier molecular flexibility index (Phi) is 12.1. The summed E-state index contributed by atoms with van der Waals surface area (Å²) in [5, 5.41) is 6.81. The molecule has 0 atom stereocenters. The van der Waals surface area contributed by atoms with Crippen LogP contribution in [-0.4, -0.2) is 77.1 Å². The van der Waals surface area contributed by atoms with Crippen molar-refractivity contribution in [3.63, 3.8) is 0 Å². The molecule has 0 aromatic carbocycles. The normalized spacial score (nSPS) is 16.7. The first-order valence-electron chi connectivity index (χ1n) is 8.66. The van der Waals surface area contributed by atoms with Crippen molar-refractivity contribution in [2.24, 2.45) is 5.92 Å². The van der Waals surface area contributed by atoms with E-state index in [1.807, 2.05) is 0 Å². The van der Waals surface area contributed by atoms with Crippen molar-refractivity contribution in [3.05, 3.63) is 0 Å². The van der Waals surface area contributed by atoms with Crippen molar-refractivity contribution < 1.29 is 9.47 Å². The van der Waals surface area contributed by atoms with Crippen LogP contribution in [0.1, 0.15) is 26.7 Å². The number of piperazine rings is 1. The summed E-state index contributed by atoms with van der Waals surface area (Å²) in [6, 6.07) is 0. The summed E-state index contributed by atoms with van der Waals surface area (Å²) in [5.41, 5.74) is 0. The van der Waals surface area contributed by atoms with E-state index in [-0.39, 0.29) is 0 Å². The number of hydrogen-bond acceptors (Lipinski definition) is 5. The highest BCUT2D eigenvalue weighted by molar-refractivity contribution is 4.66. The van der Waals surface area contributed by atoms with Gasteiger partial charge in [-0.25, -0.2) is 0 Å². The molecule has 0 bridgehead atoms. The van der Waals surface area contributed by atoms with Gasteiger partial charge in [-0.3, -0.25) is 4.90 Å². The van der Waals surface area contributed by atoms with Crippen LogP contribution < -0.4 is 10.6 Å². The van der Waals surface area contributed by atoms with Crippen molar-refractivity contribution >= 4 is 0 Å². The predicted molar refractivity (Wildman–Crippen MR) is 87.9 cm³/mol. The fraction of sp³-hybridized carbons (Fsp3) is 1.00. The second-order valence-corrected chi connectivity index (χ2v) is 5.70. The van der Waals surface area contributed by atoms with Gasteiger partial charge in [-0.2, -0.15) is 0 Å². The van der Waals surface area contributed by atoms with Crippen molar-refractivity contribution in [1.82, 2.24) is 15.5 Å². The Morgan fingerprint density at radius 3 is 2.33 bits per heavy atom. The summed E-state index contributed by atoms with van der Waals surface area (Å²) in [7, 11) is 0. The summed E-state index contributed by atoms with van der Waals surface area (Å²) in [5.74, 6) is 0.804. The lowest BCUT2D eigenvalue weighted by atomic mass is 10.0. The quantitative estimate of drug-likeness (QED) is 0.496. The molecule has 1 saturated heterocycles. The van der Waals surface area contributed by atoms with Gasteiger partial charge in [0.15, 0.2) is 0 Å². The van der Waals surface area contributed by atoms with E-state index in [0.717, 1.165) is 64.9 Å². The lowest BCUT2D eigenvalue weighted by Crippen LogP contribution is -2.44. The highest BCUT2D eigenvalue weighted by Gasteiger charge is 2.08. The molecule has 0 spiro atoms. The number of nitrogens with one attached hydrogen (secondary N) is 2. The van der Waals surface area contributed by atoms with E-state index < -0.39 is 0 Å². The summed E-state index contributed by atoms with van der Waals surface area (Å²) < 4.78 is 11.2. The van der Waals surface area contributed by atoms with Crippen LogP contribution in [0.15, 0.2) is 0 Å². The van der Waals surface area contributed by atoms with Crippen LogP contribution >= 0.6 is 0 Å². The summed E-state index contributed by atoms with van der Waals surface area (Å²) in [6.07, 6.45) is 2.51. The molecule has 0 saturated carbocycles. The van der Waals surface area contributed by atoms with E-state index in [1.165, 1.54) is 12.8 Å². The molecule has 0 aromatic heterocycles. The van der Waals surface area contributed by atoms with Crippen molar-refractivity contribution in [1.29, 1.82) is 0 Å². The maximum absolute atomic E-state index is 5.61. The van der Waals surface area contributed by atoms with Gasteiger partial charge in [-0.15, -0.1) is 0 Å². The number of nitrogens with zero attached hydrogens (tertiary/aromatic N) is 1. The van der Waals surface area contributed by atoms with Crippen molar-refractivity contribution in [3.8, 4) is 0 Å². The molecule has 1 aliphatic heterocycles. The summed E-state index contributed by atoms with van der Waals surface area (Å²) in [6.45, 7) is 15.1. The van der Waals surface area contributed by atoms with Crippen LogP contribution in [0.4, 0.5) is 0 Å². The van der Waals surface area contributed by atoms with Gasteiger partial charge in [-0.05, 0) is 12.5 Å². The Labute approximate surface area is 130 Å². The second kappa shape index (κ2) is 13.5. The second-order valence-electron chi connectivity index (χ2n) is 5.70. The molecule has 0 amide bonds. The predicted octanol–water partition coefficient (Wildman–Crippen LogP) is 0.951. The van der Waals surface area contributed by atoms with Crippen LogP contribution in [0.5, 0.6) is 0 Å². The Bertz CT molecular complexity index is 220. The average molecular weight is 301 g/mol. The molecule has 1 fully saturated rings. The molecule has 1 aliphatic rings. The van der Waals surface area contributed by atoms with Crippen molar-refractivity contribution in [2.45, 2.75) is 26.7 Å². The molecular weight excluding hydrogens is 266 g/mol. The molecule has 1 rings (SSSR count). The van der Waals surface area contributed by atoms with E-state index >= 15 is 0 Å². The monoisotopic (exact) mass is 301 g/mol. The maximum atomic E-state index is 5.61. The lowest BCUT2D eigenvalue weighted by Gasteiger charge is -2.26. The van der Waals surface area contributed by atoms with E-state index in [1.54, 1.807) is 0 Å². The Balaban J connectivity index is 1.76. The zero-order valence-electron chi connectivity index (χ0n) is 14.0. The van der Waals surface area contributed by atoms with E-state index in [9.17, 15) is 0 Å². The van der Waals surface area contributed by atoms with Gasteiger partial charge in [0.2, 0.25) is 0 Å². The van der Waals surface area contributed by atoms with Crippen LogP contribution in [-0.2, 0) is 9.47 Å². The molecule has 0 aliphatic carbocycles. The minimum Gasteiger partial charge on any atom is -0.378 e. The largest absolute Gasteiger partial charge is 0.378 e. The first kappa shape index (κ1) is 18.8. The molecule has 21 heavy (non-hydrogen) atoms. The molecule has 126 valence electrons. The Morgan fingerprint density at radius 1 is 1.00 bits per heavy atom. The van der Waals surface area contributed by atoms with E-state index in [0.29, 0.717) is 13.2 Å². The smallest absolute Gasteiger partial charge is 0.0701 e. The van der Waals surface area contributed by atoms with Crippen LogP contribution in [0, 0.1) is 5.92 Å². The third-order valence-electron chi connectivity index (χ3n) is 4.14. The summed E-state index contributed by atoms with van der Waals surface area (Å²) in [4.78, 5) is 2.44. The van der Waals surface area contributed by atoms with Crippen LogP contribution in [0.2, 0.25) is 0 Å². The summed E-state index contributed by atoms with van der Waals surface area (Å²) >= 11 is 0. The molecule has 5 nitrogen and oxygen atoms in total. The highest BCUT2D eigenvalue weighted by atomic mass is 16.5. The minimum atomic E-state index is 0.703. The molecule has 5 heteroatoms. The van der Waals surface area contributed by atoms with Gasteiger partial charge in [-0.1, -0.05) is 26.7 Å². The fourth-order valence-electron chi connectivity index (χ4n) is 2.48. The Morgan fingerprint density at radius 2 is 1.67 bits per heavy atom. The number of hydrogen-bond donors (Lipinski definition) is 2. The molecular formula is C16H35N3O2. The average Bonchev–Trinajstić information content (AvgIpc) is 2.54. The fourth-order valence-corrected chi connectivity index (χ4v) is 2.48. The minimum absolute atomic E-state index is 0.703. The van der Waals surface area contributed by atoms with E-state index in [4.69, 9.17) is 9.47 Å². The maximum Gasteiger partial charge on any atom is 0.0701 e. The molecule has 0 aromatic rings. The zero-order valence-corrected chi connectivity index (χ0v) is 14.0.